The van der Waals surface area contributed by atoms with Crippen molar-refractivity contribution in [1.82, 2.24) is 5.32 Å². The standard InChI is InChI=1S/C10H12FNO.ClH/c11-8-2-1-3-9(6-8)13-10-4-5-12-7-10;/h1-3,6,10,12H,4-5,7H2;1H/t10-;/m1./s1. The van der Waals surface area contributed by atoms with E-state index >= 15 is 0 Å². The third-order valence-electron chi connectivity index (χ3n) is 2.11. The highest BCUT2D eigenvalue weighted by Gasteiger charge is 2.15. The zero-order valence-corrected chi connectivity index (χ0v) is 8.52. The molecule has 1 N–H and O–H groups in total. The van der Waals surface area contributed by atoms with E-state index in [2.05, 4.69) is 5.32 Å². The monoisotopic (exact) mass is 217 g/mol. The minimum absolute atomic E-state index is 0. The van der Waals surface area contributed by atoms with Crippen molar-refractivity contribution in [1.29, 1.82) is 0 Å². The van der Waals surface area contributed by atoms with Crippen molar-refractivity contribution in [2.45, 2.75) is 12.5 Å². The van der Waals surface area contributed by atoms with Crippen LogP contribution in [0.4, 0.5) is 4.39 Å². The van der Waals surface area contributed by atoms with Gasteiger partial charge in [0, 0.05) is 12.6 Å². The second-order valence-corrected chi connectivity index (χ2v) is 3.19. The third kappa shape index (κ3) is 2.86. The van der Waals surface area contributed by atoms with Crippen LogP contribution >= 0.6 is 12.4 Å². The number of halogens is 2. The second kappa shape index (κ2) is 5.17. The van der Waals surface area contributed by atoms with Crippen molar-refractivity contribution in [3.63, 3.8) is 0 Å². The zero-order chi connectivity index (χ0) is 9.10. The number of nitrogens with one attached hydrogen (secondary N) is 1. The summed E-state index contributed by atoms with van der Waals surface area (Å²) in [6.07, 6.45) is 1.19. The molecule has 14 heavy (non-hydrogen) atoms. The van der Waals surface area contributed by atoms with E-state index in [0.717, 1.165) is 19.5 Å². The van der Waals surface area contributed by atoms with E-state index in [1.165, 1.54) is 12.1 Å². The lowest BCUT2D eigenvalue weighted by Crippen LogP contribution is -2.19. The summed E-state index contributed by atoms with van der Waals surface area (Å²) in [5.41, 5.74) is 0. The van der Waals surface area contributed by atoms with Crippen molar-refractivity contribution in [2.24, 2.45) is 0 Å². The molecule has 1 atom stereocenters. The first-order chi connectivity index (χ1) is 6.34. The minimum atomic E-state index is -0.247. The summed E-state index contributed by atoms with van der Waals surface area (Å²) in [5, 5.41) is 3.19. The first kappa shape index (κ1) is 11.3. The van der Waals surface area contributed by atoms with Gasteiger partial charge in [-0.2, -0.15) is 0 Å². The van der Waals surface area contributed by atoms with E-state index in [-0.39, 0.29) is 24.3 Å². The number of ether oxygens (including phenoxy) is 1. The predicted octanol–water partition coefficient (Wildman–Crippen LogP) is 1.99. The van der Waals surface area contributed by atoms with Crippen LogP contribution < -0.4 is 10.1 Å². The van der Waals surface area contributed by atoms with Gasteiger partial charge >= 0.3 is 0 Å². The molecule has 1 saturated heterocycles. The van der Waals surface area contributed by atoms with E-state index in [1.807, 2.05) is 0 Å². The highest BCUT2D eigenvalue weighted by molar-refractivity contribution is 5.85. The number of hydrogen-bond donors (Lipinski definition) is 1. The summed E-state index contributed by atoms with van der Waals surface area (Å²) < 4.78 is 18.3. The normalized spacial score (nSPS) is 20.2. The molecule has 0 saturated carbocycles. The molecule has 0 aromatic heterocycles. The topological polar surface area (TPSA) is 21.3 Å². The molecule has 1 aromatic rings. The number of rotatable bonds is 2. The van der Waals surface area contributed by atoms with Crippen molar-refractivity contribution in [3.8, 4) is 5.75 Å². The molecule has 0 spiro atoms. The van der Waals surface area contributed by atoms with Gasteiger partial charge in [-0.1, -0.05) is 6.07 Å². The first-order valence-corrected chi connectivity index (χ1v) is 4.47. The average Bonchev–Trinajstić information content (AvgIpc) is 2.57. The fraction of sp³-hybridized carbons (Fsp3) is 0.400. The van der Waals surface area contributed by atoms with Gasteiger partial charge in [0.2, 0.25) is 0 Å². The molecule has 1 aromatic carbocycles. The molecule has 4 heteroatoms. The SMILES string of the molecule is Cl.Fc1cccc(O[C@@H]2CCNC2)c1. The van der Waals surface area contributed by atoms with Crippen molar-refractivity contribution in [3.05, 3.63) is 30.1 Å². The molecule has 0 bridgehead atoms. The molecule has 0 unspecified atom stereocenters. The Hall–Kier alpha value is -0.800. The molecule has 1 fully saturated rings. The van der Waals surface area contributed by atoms with Gasteiger partial charge in [0.1, 0.15) is 17.7 Å². The molecule has 1 aliphatic rings. The quantitative estimate of drug-likeness (QED) is 0.818. The van der Waals surface area contributed by atoms with Crippen molar-refractivity contribution >= 4 is 12.4 Å². The average molecular weight is 218 g/mol. The van der Waals surface area contributed by atoms with Crippen LogP contribution in [0.3, 0.4) is 0 Å². The molecule has 78 valence electrons. The Morgan fingerprint density at radius 3 is 2.93 bits per heavy atom. The molecule has 1 aliphatic heterocycles. The number of benzene rings is 1. The summed E-state index contributed by atoms with van der Waals surface area (Å²) in [6.45, 7) is 1.84. The maximum Gasteiger partial charge on any atom is 0.126 e. The fourth-order valence-electron chi connectivity index (χ4n) is 1.46. The summed E-state index contributed by atoms with van der Waals surface area (Å²) >= 11 is 0. The van der Waals surface area contributed by atoms with Gasteiger partial charge in [0.15, 0.2) is 0 Å². The van der Waals surface area contributed by atoms with Gasteiger partial charge in [-0.3, -0.25) is 0 Å². The highest BCUT2D eigenvalue weighted by Crippen LogP contribution is 2.15. The van der Waals surface area contributed by atoms with Crippen LogP contribution in [0.5, 0.6) is 5.75 Å². The fourth-order valence-corrected chi connectivity index (χ4v) is 1.46. The van der Waals surface area contributed by atoms with Gasteiger partial charge in [-0.05, 0) is 25.1 Å². The van der Waals surface area contributed by atoms with Gasteiger partial charge in [-0.15, -0.1) is 12.4 Å². The predicted molar refractivity (Wildman–Crippen MR) is 55.6 cm³/mol. The Labute approximate surface area is 88.9 Å². The van der Waals surface area contributed by atoms with Gasteiger partial charge < -0.3 is 10.1 Å². The van der Waals surface area contributed by atoms with E-state index in [9.17, 15) is 4.39 Å². The molecule has 1 heterocycles. The molecule has 2 nitrogen and oxygen atoms in total. The van der Waals surface area contributed by atoms with Crippen LogP contribution in [-0.2, 0) is 0 Å². The maximum absolute atomic E-state index is 12.7. The van der Waals surface area contributed by atoms with E-state index in [4.69, 9.17) is 4.74 Å². The van der Waals surface area contributed by atoms with Crippen LogP contribution in [0.2, 0.25) is 0 Å². The molecule has 0 amide bonds. The molecule has 0 aliphatic carbocycles. The summed E-state index contributed by atoms with van der Waals surface area (Å²) in [7, 11) is 0. The largest absolute Gasteiger partial charge is 0.489 e. The Morgan fingerprint density at radius 2 is 2.29 bits per heavy atom. The van der Waals surface area contributed by atoms with E-state index in [1.54, 1.807) is 12.1 Å². The van der Waals surface area contributed by atoms with Crippen LogP contribution in [0.1, 0.15) is 6.42 Å². The van der Waals surface area contributed by atoms with Crippen molar-refractivity contribution in [2.75, 3.05) is 13.1 Å². The summed E-state index contributed by atoms with van der Waals surface area (Å²) in [4.78, 5) is 0. The van der Waals surface area contributed by atoms with Crippen LogP contribution in [-0.4, -0.2) is 19.2 Å². The van der Waals surface area contributed by atoms with E-state index < -0.39 is 0 Å². The third-order valence-corrected chi connectivity index (χ3v) is 2.11. The molecular weight excluding hydrogens is 205 g/mol. The lowest BCUT2D eigenvalue weighted by molar-refractivity contribution is 0.222. The lowest BCUT2D eigenvalue weighted by Gasteiger charge is -2.11. The maximum atomic E-state index is 12.7. The van der Waals surface area contributed by atoms with Gasteiger partial charge in [0.25, 0.3) is 0 Å². The Bertz CT molecular complexity index is 289. The van der Waals surface area contributed by atoms with E-state index in [0.29, 0.717) is 5.75 Å². The first-order valence-electron chi connectivity index (χ1n) is 4.47. The molecule has 2 rings (SSSR count). The molecule has 0 radical (unpaired) electrons. The summed E-state index contributed by atoms with van der Waals surface area (Å²) in [6, 6.07) is 6.27. The summed E-state index contributed by atoms with van der Waals surface area (Å²) in [5.74, 6) is 0.372. The second-order valence-electron chi connectivity index (χ2n) is 3.19. The van der Waals surface area contributed by atoms with Gasteiger partial charge in [0.05, 0.1) is 0 Å². The van der Waals surface area contributed by atoms with Crippen LogP contribution in [0.25, 0.3) is 0 Å². The lowest BCUT2D eigenvalue weighted by atomic mass is 10.3. The Balaban J connectivity index is 0.000000980. The van der Waals surface area contributed by atoms with Gasteiger partial charge in [-0.25, -0.2) is 4.39 Å². The van der Waals surface area contributed by atoms with Crippen molar-refractivity contribution < 1.29 is 9.13 Å². The van der Waals surface area contributed by atoms with Crippen LogP contribution in [0.15, 0.2) is 24.3 Å². The molecular formula is C10H13ClFNO. The number of hydrogen-bond acceptors (Lipinski definition) is 2. The van der Waals surface area contributed by atoms with Crippen LogP contribution in [0, 0.1) is 5.82 Å². The smallest absolute Gasteiger partial charge is 0.126 e. The Morgan fingerprint density at radius 1 is 1.43 bits per heavy atom. The Kier molecular flexibility index (Phi) is 4.17. The highest BCUT2D eigenvalue weighted by atomic mass is 35.5. The zero-order valence-electron chi connectivity index (χ0n) is 7.70. The minimum Gasteiger partial charge on any atom is -0.489 e.